The van der Waals surface area contributed by atoms with E-state index in [1.807, 2.05) is 13.0 Å². The first-order chi connectivity index (χ1) is 15.8. The van der Waals surface area contributed by atoms with Gasteiger partial charge in [0.25, 0.3) is 5.56 Å². The predicted octanol–water partition coefficient (Wildman–Crippen LogP) is 4.65. The van der Waals surface area contributed by atoms with Gasteiger partial charge in [0.05, 0.1) is 6.61 Å². The summed E-state index contributed by atoms with van der Waals surface area (Å²) in [6.45, 7) is 21.4. The molecule has 0 amide bonds. The summed E-state index contributed by atoms with van der Waals surface area (Å²) < 4.78 is 29.1. The second kappa shape index (κ2) is 9.98. The molecule has 2 aliphatic rings. The summed E-state index contributed by atoms with van der Waals surface area (Å²) in [5.41, 5.74) is 1.25. The van der Waals surface area contributed by atoms with E-state index >= 15 is 0 Å². The maximum atomic E-state index is 12.7. The van der Waals surface area contributed by atoms with Gasteiger partial charge in [-0.3, -0.25) is 14.3 Å². The number of nitrogens with zero attached hydrogens (tertiary/aromatic N) is 1. The van der Waals surface area contributed by atoms with Gasteiger partial charge in [-0.2, -0.15) is 0 Å². The van der Waals surface area contributed by atoms with Crippen LogP contribution in [-0.2, 0) is 17.7 Å². The van der Waals surface area contributed by atoms with Crippen LogP contribution in [0.5, 0.6) is 0 Å². The van der Waals surface area contributed by atoms with Gasteiger partial charge < -0.3 is 17.7 Å². The van der Waals surface area contributed by atoms with Crippen molar-refractivity contribution >= 4 is 17.1 Å². The van der Waals surface area contributed by atoms with Crippen molar-refractivity contribution in [1.29, 1.82) is 0 Å². The fourth-order valence-corrected chi connectivity index (χ4v) is 16.5. The number of H-pyrrole nitrogens is 1. The molecule has 0 spiro atoms. The van der Waals surface area contributed by atoms with Crippen molar-refractivity contribution in [3.8, 4) is 0 Å². The van der Waals surface area contributed by atoms with Gasteiger partial charge in [-0.05, 0) is 36.0 Å². The lowest BCUT2D eigenvalue weighted by Crippen LogP contribution is -2.65. The van der Waals surface area contributed by atoms with E-state index in [2.05, 4.69) is 60.4 Å². The molecule has 1 N–H and O–H groups in total. The first kappa shape index (κ1) is 27.3. The Kier molecular flexibility index (Phi) is 8.01. The summed E-state index contributed by atoms with van der Waals surface area (Å²) in [4.78, 5) is 27.1. The maximum absolute atomic E-state index is 12.7. The van der Waals surface area contributed by atoms with Gasteiger partial charge in [0.2, 0.25) is 0 Å². The van der Waals surface area contributed by atoms with E-state index in [0.29, 0.717) is 12.2 Å². The average molecular weight is 511 g/mol. The van der Waals surface area contributed by atoms with E-state index in [-0.39, 0.29) is 28.3 Å². The quantitative estimate of drug-likeness (QED) is 0.458. The molecule has 1 aromatic heterocycles. The van der Waals surface area contributed by atoms with Gasteiger partial charge in [-0.15, -0.1) is 0 Å². The second-order valence-corrected chi connectivity index (χ2v) is 19.7. The van der Waals surface area contributed by atoms with Gasteiger partial charge in [0, 0.05) is 17.3 Å². The van der Waals surface area contributed by atoms with Crippen molar-refractivity contribution in [2.45, 2.75) is 110 Å². The SMILES string of the molecule is C/C=C1\[C@H](n2cc(C)c(=O)[nH]c2=O)O[C@@H]2CO[Si](C(C)C)(C(C)C)O[Si](C(C)C)(C(C)C)O[C@@H]12. The number of aryl methyl sites for hydroxylation is 1. The second-order valence-electron chi connectivity index (χ2n) is 10.8. The van der Waals surface area contributed by atoms with Gasteiger partial charge in [0.1, 0.15) is 12.2 Å². The van der Waals surface area contributed by atoms with E-state index in [9.17, 15) is 9.59 Å². The molecule has 0 saturated carbocycles. The normalized spacial score (nSPS) is 28.1. The zero-order chi connectivity index (χ0) is 25.6. The first-order valence-electron chi connectivity index (χ1n) is 12.5. The Morgan fingerprint density at radius 2 is 1.56 bits per heavy atom. The number of aromatic nitrogens is 2. The molecule has 34 heavy (non-hydrogen) atoms. The van der Waals surface area contributed by atoms with Gasteiger partial charge in [-0.25, -0.2) is 4.79 Å². The highest BCUT2D eigenvalue weighted by Gasteiger charge is 2.60. The molecular weight excluding hydrogens is 468 g/mol. The third-order valence-electron chi connectivity index (χ3n) is 7.31. The monoisotopic (exact) mass is 510 g/mol. The minimum atomic E-state index is -2.82. The molecule has 0 aromatic carbocycles. The van der Waals surface area contributed by atoms with E-state index in [1.165, 1.54) is 4.57 Å². The molecular formula is C24H42N2O6Si2. The molecule has 3 heterocycles. The number of ether oxygens (including phenoxy) is 1. The Morgan fingerprint density at radius 3 is 2.06 bits per heavy atom. The van der Waals surface area contributed by atoms with Crippen LogP contribution in [0.3, 0.4) is 0 Å². The van der Waals surface area contributed by atoms with E-state index in [0.717, 1.165) is 5.57 Å². The smallest absolute Gasteiger partial charge is 0.335 e. The van der Waals surface area contributed by atoms with Gasteiger partial charge in [-0.1, -0.05) is 61.5 Å². The van der Waals surface area contributed by atoms with Gasteiger partial charge >= 0.3 is 22.8 Å². The van der Waals surface area contributed by atoms with Crippen LogP contribution >= 0.6 is 0 Å². The molecule has 3 rings (SSSR count). The molecule has 0 aliphatic carbocycles. The van der Waals surface area contributed by atoms with Crippen LogP contribution < -0.4 is 11.2 Å². The van der Waals surface area contributed by atoms with Crippen LogP contribution in [0.25, 0.3) is 0 Å². The number of nitrogens with one attached hydrogen (secondary N) is 1. The minimum Gasteiger partial charge on any atom is -0.414 e. The van der Waals surface area contributed by atoms with E-state index in [4.69, 9.17) is 17.7 Å². The Morgan fingerprint density at radius 1 is 1.00 bits per heavy atom. The molecule has 192 valence electrons. The maximum Gasteiger partial charge on any atom is 0.335 e. The molecule has 10 heteroatoms. The Labute approximate surface area is 205 Å². The van der Waals surface area contributed by atoms with Crippen LogP contribution in [0.2, 0.25) is 22.2 Å². The lowest BCUT2D eigenvalue weighted by Gasteiger charge is -2.51. The van der Waals surface area contributed by atoms with Crippen molar-refractivity contribution in [2.24, 2.45) is 0 Å². The third kappa shape index (κ3) is 4.48. The van der Waals surface area contributed by atoms with Crippen molar-refractivity contribution in [1.82, 2.24) is 9.55 Å². The molecule has 0 radical (unpaired) electrons. The molecule has 3 atom stereocenters. The predicted molar refractivity (Wildman–Crippen MR) is 138 cm³/mol. The third-order valence-corrected chi connectivity index (χ3v) is 17.5. The lowest BCUT2D eigenvalue weighted by molar-refractivity contribution is -0.0562. The fraction of sp³-hybridized carbons (Fsp3) is 0.750. The molecule has 0 bridgehead atoms. The van der Waals surface area contributed by atoms with Crippen LogP contribution in [0.1, 0.15) is 74.1 Å². The number of allylic oxidation sites excluding steroid dienone is 1. The first-order valence-corrected chi connectivity index (χ1v) is 16.4. The number of hydrogen-bond donors (Lipinski definition) is 1. The summed E-state index contributed by atoms with van der Waals surface area (Å²) in [5, 5.41) is 0. The zero-order valence-corrected chi connectivity index (χ0v) is 24.3. The van der Waals surface area contributed by atoms with Crippen molar-refractivity contribution < 1.29 is 17.7 Å². The standard InChI is InChI=1S/C24H42N2O6Si2/c1-11-19-21-20(30-23(19)26-12-18(10)22(27)25-24(26)28)13-29-33(14(2)3,15(4)5)32-34(31-21,16(6)7)17(8)9/h11-12,14-17,20-21,23H,13H2,1-10H3,(H,25,27,28)/b19-11-/t20-,21+,23-/m1/s1. The number of fused-ring (bicyclic) bond motifs is 1. The summed E-state index contributed by atoms with van der Waals surface area (Å²) in [6.07, 6.45) is 2.07. The highest BCUT2D eigenvalue weighted by atomic mass is 28.5. The summed E-state index contributed by atoms with van der Waals surface area (Å²) in [5.74, 6) is 0. The summed E-state index contributed by atoms with van der Waals surface area (Å²) in [6, 6.07) is 0. The highest BCUT2D eigenvalue weighted by Crippen LogP contribution is 2.49. The highest BCUT2D eigenvalue weighted by molar-refractivity contribution is 6.84. The van der Waals surface area contributed by atoms with Crippen LogP contribution in [0.15, 0.2) is 27.4 Å². The fourth-order valence-electron chi connectivity index (χ4n) is 5.36. The van der Waals surface area contributed by atoms with Crippen LogP contribution in [0.4, 0.5) is 0 Å². The lowest BCUT2D eigenvalue weighted by atomic mass is 10.1. The summed E-state index contributed by atoms with van der Waals surface area (Å²) in [7, 11) is -5.50. The van der Waals surface area contributed by atoms with Crippen LogP contribution in [-0.4, -0.2) is 45.5 Å². The van der Waals surface area contributed by atoms with Gasteiger partial charge in [0.15, 0.2) is 6.23 Å². The van der Waals surface area contributed by atoms with Crippen molar-refractivity contribution in [3.05, 3.63) is 44.2 Å². The topological polar surface area (TPSA) is 91.8 Å². The largest absolute Gasteiger partial charge is 0.414 e. The Hall–Kier alpha value is -1.31. The molecule has 2 fully saturated rings. The number of hydrogen-bond acceptors (Lipinski definition) is 6. The molecule has 2 aliphatic heterocycles. The Balaban J connectivity index is 2.16. The Bertz CT molecular complexity index is 1010. The van der Waals surface area contributed by atoms with E-state index in [1.54, 1.807) is 13.1 Å². The van der Waals surface area contributed by atoms with Crippen molar-refractivity contribution in [2.75, 3.05) is 6.61 Å². The molecule has 2 saturated heterocycles. The molecule has 0 unspecified atom stereocenters. The molecule has 8 nitrogen and oxygen atoms in total. The molecule has 1 aromatic rings. The van der Waals surface area contributed by atoms with Crippen LogP contribution in [0, 0.1) is 6.92 Å². The van der Waals surface area contributed by atoms with Crippen molar-refractivity contribution in [3.63, 3.8) is 0 Å². The number of rotatable bonds is 5. The number of aromatic amines is 1. The summed E-state index contributed by atoms with van der Waals surface area (Å²) >= 11 is 0. The average Bonchev–Trinajstić information content (AvgIpc) is 3.06. The van der Waals surface area contributed by atoms with E-state index < -0.39 is 40.7 Å². The minimum absolute atomic E-state index is 0.189. The zero-order valence-electron chi connectivity index (χ0n) is 22.3.